The summed E-state index contributed by atoms with van der Waals surface area (Å²) in [6.07, 6.45) is 2.20. The number of nitrogens with zero attached hydrogens (tertiary/aromatic N) is 2. The molecule has 1 fully saturated rings. The van der Waals surface area contributed by atoms with Crippen LogP contribution in [0.4, 0.5) is 0 Å². The lowest BCUT2D eigenvalue weighted by atomic mass is 10.1. The van der Waals surface area contributed by atoms with Crippen LogP contribution in [0.1, 0.15) is 29.6 Å². The molecule has 1 aromatic heterocycles. The van der Waals surface area contributed by atoms with E-state index in [0.29, 0.717) is 12.5 Å². The Morgan fingerprint density at radius 3 is 2.89 bits per heavy atom. The summed E-state index contributed by atoms with van der Waals surface area (Å²) in [6, 6.07) is 1.38. The van der Waals surface area contributed by atoms with Gasteiger partial charge in [0.25, 0.3) is 5.91 Å². The van der Waals surface area contributed by atoms with E-state index in [1.807, 2.05) is 0 Å². The topological polar surface area (TPSA) is 75.1 Å². The zero-order valence-electron chi connectivity index (χ0n) is 9.57. The van der Waals surface area contributed by atoms with E-state index in [0.717, 1.165) is 19.3 Å². The fraction of sp³-hybridized carbons (Fsp3) is 0.545. The first-order chi connectivity index (χ1) is 8.56. The lowest BCUT2D eigenvalue weighted by molar-refractivity contribution is 0.0944. The van der Waals surface area contributed by atoms with Crippen LogP contribution in [-0.4, -0.2) is 33.9 Å². The van der Waals surface area contributed by atoms with E-state index in [1.165, 1.54) is 6.07 Å². The third-order valence-corrected chi connectivity index (χ3v) is 3.49. The summed E-state index contributed by atoms with van der Waals surface area (Å²) in [5, 5.41) is 19.4. The predicted molar refractivity (Wildman–Crippen MR) is 67.7 cm³/mol. The van der Waals surface area contributed by atoms with E-state index in [1.54, 1.807) is 0 Å². The molecule has 2 unspecified atom stereocenters. The van der Waals surface area contributed by atoms with Crippen LogP contribution in [0, 0.1) is 5.92 Å². The highest BCUT2D eigenvalue weighted by molar-refractivity contribution is 6.34. The standard InChI is InChI=1S/C11H13Cl2N3O2/c12-9-4-8(10(13)16-15-9)11(18)14-5-6-1-2-7(17)3-6/h4,6-7,17H,1-3,5H2,(H,14,18). The highest BCUT2D eigenvalue weighted by Gasteiger charge is 2.23. The summed E-state index contributed by atoms with van der Waals surface area (Å²) in [5.74, 6) is -0.00816. The number of hydrogen-bond acceptors (Lipinski definition) is 4. The molecule has 1 aromatic rings. The van der Waals surface area contributed by atoms with Crippen molar-refractivity contribution in [3.63, 3.8) is 0 Å². The second-order valence-electron chi connectivity index (χ2n) is 4.41. The highest BCUT2D eigenvalue weighted by Crippen LogP contribution is 2.24. The van der Waals surface area contributed by atoms with Crippen LogP contribution in [0.15, 0.2) is 6.07 Å². The van der Waals surface area contributed by atoms with E-state index in [4.69, 9.17) is 23.2 Å². The first-order valence-electron chi connectivity index (χ1n) is 5.71. The molecular formula is C11H13Cl2N3O2. The van der Waals surface area contributed by atoms with E-state index < -0.39 is 0 Å². The maximum atomic E-state index is 11.9. The van der Waals surface area contributed by atoms with Crippen molar-refractivity contribution in [1.82, 2.24) is 15.5 Å². The van der Waals surface area contributed by atoms with Crippen LogP contribution >= 0.6 is 23.2 Å². The molecule has 0 aromatic carbocycles. The van der Waals surface area contributed by atoms with Crippen LogP contribution in [0.25, 0.3) is 0 Å². The van der Waals surface area contributed by atoms with Crippen LogP contribution < -0.4 is 5.32 Å². The normalized spacial score (nSPS) is 23.1. The fourth-order valence-corrected chi connectivity index (χ4v) is 2.40. The van der Waals surface area contributed by atoms with Gasteiger partial charge >= 0.3 is 0 Å². The fourth-order valence-electron chi connectivity index (χ4n) is 2.08. The Morgan fingerprint density at radius 1 is 1.44 bits per heavy atom. The molecule has 98 valence electrons. The van der Waals surface area contributed by atoms with Gasteiger partial charge in [-0.1, -0.05) is 23.2 Å². The molecule has 2 atom stereocenters. The zero-order valence-corrected chi connectivity index (χ0v) is 11.1. The molecule has 1 aliphatic carbocycles. The van der Waals surface area contributed by atoms with Crippen molar-refractivity contribution in [2.75, 3.05) is 6.54 Å². The van der Waals surface area contributed by atoms with Gasteiger partial charge in [0, 0.05) is 6.54 Å². The average Bonchev–Trinajstić information content (AvgIpc) is 2.75. The van der Waals surface area contributed by atoms with Crippen molar-refractivity contribution in [2.24, 2.45) is 5.92 Å². The Balaban J connectivity index is 1.93. The molecule has 1 aliphatic rings. The number of amides is 1. The van der Waals surface area contributed by atoms with Crippen LogP contribution in [0.3, 0.4) is 0 Å². The van der Waals surface area contributed by atoms with E-state index in [9.17, 15) is 9.90 Å². The molecule has 2 rings (SSSR count). The number of carbonyl (C=O) groups excluding carboxylic acids is 1. The molecule has 1 saturated carbocycles. The first-order valence-corrected chi connectivity index (χ1v) is 6.47. The van der Waals surface area contributed by atoms with Crippen molar-refractivity contribution >= 4 is 29.1 Å². The number of aliphatic hydroxyl groups is 1. The summed E-state index contributed by atoms with van der Waals surface area (Å²) >= 11 is 11.4. The summed E-state index contributed by atoms with van der Waals surface area (Å²) in [4.78, 5) is 11.9. The molecule has 2 N–H and O–H groups in total. The van der Waals surface area contributed by atoms with Gasteiger partial charge in [0.15, 0.2) is 10.3 Å². The Hall–Kier alpha value is -0.910. The average molecular weight is 290 g/mol. The highest BCUT2D eigenvalue weighted by atomic mass is 35.5. The van der Waals surface area contributed by atoms with E-state index in [2.05, 4.69) is 15.5 Å². The molecule has 5 nitrogen and oxygen atoms in total. The minimum Gasteiger partial charge on any atom is -0.393 e. The maximum absolute atomic E-state index is 11.9. The van der Waals surface area contributed by atoms with Gasteiger partial charge in [-0.05, 0) is 31.2 Å². The maximum Gasteiger partial charge on any atom is 0.254 e. The molecule has 1 amide bonds. The summed E-state index contributed by atoms with van der Waals surface area (Å²) in [6.45, 7) is 0.520. The number of aliphatic hydroxyl groups excluding tert-OH is 1. The van der Waals surface area contributed by atoms with Crippen molar-refractivity contribution in [3.8, 4) is 0 Å². The van der Waals surface area contributed by atoms with E-state index in [-0.39, 0.29) is 27.9 Å². The summed E-state index contributed by atoms with van der Waals surface area (Å²) in [7, 11) is 0. The SMILES string of the molecule is O=C(NCC1CCC(O)C1)c1cc(Cl)nnc1Cl. The largest absolute Gasteiger partial charge is 0.393 e. The van der Waals surface area contributed by atoms with Crippen molar-refractivity contribution in [3.05, 3.63) is 21.9 Å². The molecule has 0 radical (unpaired) electrons. The number of halogens is 2. The molecule has 0 spiro atoms. The Morgan fingerprint density at radius 2 is 2.22 bits per heavy atom. The number of nitrogens with one attached hydrogen (secondary N) is 1. The molecule has 0 saturated heterocycles. The number of carbonyl (C=O) groups is 1. The summed E-state index contributed by atoms with van der Waals surface area (Å²) < 4.78 is 0. The Bertz CT molecular complexity index is 456. The molecule has 7 heteroatoms. The lowest BCUT2D eigenvalue weighted by Crippen LogP contribution is -2.29. The minimum atomic E-state index is -0.321. The van der Waals surface area contributed by atoms with Gasteiger partial charge in [0.2, 0.25) is 0 Å². The zero-order chi connectivity index (χ0) is 13.1. The van der Waals surface area contributed by atoms with Crippen LogP contribution in [-0.2, 0) is 0 Å². The third kappa shape index (κ3) is 3.31. The predicted octanol–water partition coefficient (Wildman–Crippen LogP) is 1.67. The summed E-state index contributed by atoms with van der Waals surface area (Å²) in [5.41, 5.74) is 0.218. The Kier molecular flexibility index (Phi) is 4.37. The van der Waals surface area contributed by atoms with Crippen molar-refractivity contribution < 1.29 is 9.90 Å². The second kappa shape index (κ2) is 5.82. The lowest BCUT2D eigenvalue weighted by Gasteiger charge is -2.11. The number of aromatic nitrogens is 2. The van der Waals surface area contributed by atoms with Crippen LogP contribution in [0.5, 0.6) is 0 Å². The molecule has 0 bridgehead atoms. The molecule has 1 heterocycles. The van der Waals surface area contributed by atoms with Gasteiger partial charge in [-0.25, -0.2) is 0 Å². The van der Waals surface area contributed by atoms with Gasteiger partial charge in [0.05, 0.1) is 11.7 Å². The van der Waals surface area contributed by atoms with Crippen molar-refractivity contribution in [1.29, 1.82) is 0 Å². The van der Waals surface area contributed by atoms with Gasteiger partial charge < -0.3 is 10.4 Å². The number of rotatable bonds is 3. The third-order valence-electron chi connectivity index (χ3n) is 3.03. The van der Waals surface area contributed by atoms with Gasteiger partial charge in [-0.15, -0.1) is 10.2 Å². The molecular weight excluding hydrogens is 277 g/mol. The van der Waals surface area contributed by atoms with E-state index >= 15 is 0 Å². The Labute approximate surface area is 115 Å². The molecule has 18 heavy (non-hydrogen) atoms. The molecule has 0 aliphatic heterocycles. The quantitative estimate of drug-likeness (QED) is 0.888. The monoisotopic (exact) mass is 289 g/mol. The number of hydrogen-bond donors (Lipinski definition) is 2. The van der Waals surface area contributed by atoms with Crippen LogP contribution in [0.2, 0.25) is 10.3 Å². The van der Waals surface area contributed by atoms with Crippen molar-refractivity contribution in [2.45, 2.75) is 25.4 Å². The first kappa shape index (κ1) is 13.5. The van der Waals surface area contributed by atoms with Gasteiger partial charge in [-0.2, -0.15) is 0 Å². The van der Waals surface area contributed by atoms with Gasteiger partial charge in [0.1, 0.15) is 0 Å². The van der Waals surface area contributed by atoms with Gasteiger partial charge in [-0.3, -0.25) is 4.79 Å². The second-order valence-corrected chi connectivity index (χ2v) is 5.16. The minimum absolute atomic E-state index is 0.0309. The smallest absolute Gasteiger partial charge is 0.254 e.